The molecule has 0 aliphatic carbocycles. The van der Waals surface area contributed by atoms with Crippen LogP contribution in [0.2, 0.25) is 0 Å². The summed E-state index contributed by atoms with van der Waals surface area (Å²) in [6.07, 6.45) is 0. The van der Waals surface area contributed by atoms with Crippen LogP contribution in [0.25, 0.3) is 133 Å². The van der Waals surface area contributed by atoms with Gasteiger partial charge in [-0.2, -0.15) is 0 Å². The van der Waals surface area contributed by atoms with Crippen molar-refractivity contribution in [2.75, 3.05) is 0 Å². The van der Waals surface area contributed by atoms with E-state index in [1.165, 1.54) is 26.9 Å². The molecule has 65 heavy (non-hydrogen) atoms. The first kappa shape index (κ1) is 35.7. The molecule has 6 heteroatoms. The van der Waals surface area contributed by atoms with E-state index in [2.05, 4.69) is 209 Å². The third-order valence-electron chi connectivity index (χ3n) is 13.1. The highest BCUT2D eigenvalue weighted by atomic mass is 16.3. The molecule has 302 valence electrons. The van der Waals surface area contributed by atoms with Crippen molar-refractivity contribution in [2.24, 2.45) is 0 Å². The minimum Gasteiger partial charge on any atom is -0.455 e. The fourth-order valence-electron chi connectivity index (χ4n) is 10.1. The Labute approximate surface area is 371 Å². The van der Waals surface area contributed by atoms with Crippen LogP contribution in [0.4, 0.5) is 0 Å². The minimum absolute atomic E-state index is 0.533. The standard InChI is InChI=1S/C59H35N5O/c1-2-18-42(19-3-1)63-49-23-11-8-20-43(49)45-29-28-41(35-52(45)63)58-60-57(40-27-26-36-14-4-5-15-37(36)32-40)61-59(62-58)47-30-31-51(55-46-22-10-13-25-54(46)65-56(47)55)64-50-24-12-9-21-44(50)48-33-38-16-6-7-17-39(38)34-53(48)64/h1-35H. The molecule has 0 amide bonds. The van der Waals surface area contributed by atoms with E-state index in [-0.39, 0.29) is 0 Å². The largest absolute Gasteiger partial charge is 0.455 e. The Bertz CT molecular complexity index is 4250. The molecule has 0 N–H and O–H groups in total. The maximum absolute atomic E-state index is 6.96. The van der Waals surface area contributed by atoms with Gasteiger partial charge in [0.25, 0.3) is 0 Å². The molecule has 0 unspecified atom stereocenters. The summed E-state index contributed by atoms with van der Waals surface area (Å²) in [7, 11) is 0. The zero-order valence-electron chi connectivity index (χ0n) is 34.9. The van der Waals surface area contributed by atoms with E-state index in [1.807, 2.05) is 12.1 Å². The van der Waals surface area contributed by atoms with E-state index < -0.39 is 0 Å². The second-order valence-electron chi connectivity index (χ2n) is 16.8. The molecule has 4 heterocycles. The number of hydrogen-bond donors (Lipinski definition) is 0. The quantitative estimate of drug-likeness (QED) is 0.173. The Balaban J connectivity index is 1.04. The van der Waals surface area contributed by atoms with Gasteiger partial charge in [0.05, 0.1) is 38.7 Å². The molecule has 10 aromatic carbocycles. The minimum atomic E-state index is 0.533. The number of furan rings is 1. The van der Waals surface area contributed by atoms with Crippen molar-refractivity contribution < 1.29 is 4.42 Å². The van der Waals surface area contributed by atoms with Crippen molar-refractivity contribution in [3.63, 3.8) is 0 Å². The van der Waals surface area contributed by atoms with E-state index in [9.17, 15) is 0 Å². The molecule has 0 atom stereocenters. The van der Waals surface area contributed by atoms with Crippen molar-refractivity contribution in [1.29, 1.82) is 0 Å². The van der Waals surface area contributed by atoms with Crippen LogP contribution in [-0.4, -0.2) is 24.1 Å². The van der Waals surface area contributed by atoms with Crippen molar-refractivity contribution in [1.82, 2.24) is 24.1 Å². The second-order valence-corrected chi connectivity index (χ2v) is 16.8. The van der Waals surface area contributed by atoms with E-state index in [0.717, 1.165) is 88.2 Å². The molecule has 0 saturated carbocycles. The summed E-state index contributed by atoms with van der Waals surface area (Å²) < 4.78 is 11.7. The van der Waals surface area contributed by atoms with Gasteiger partial charge in [0.2, 0.25) is 0 Å². The zero-order chi connectivity index (χ0) is 42.6. The summed E-state index contributed by atoms with van der Waals surface area (Å²) in [6, 6.07) is 75.0. The summed E-state index contributed by atoms with van der Waals surface area (Å²) in [6.45, 7) is 0. The third kappa shape index (κ3) is 5.44. The van der Waals surface area contributed by atoms with Crippen LogP contribution in [0.5, 0.6) is 0 Å². The molecular formula is C59H35N5O. The van der Waals surface area contributed by atoms with Gasteiger partial charge in [-0.25, -0.2) is 15.0 Å². The fourth-order valence-corrected chi connectivity index (χ4v) is 10.1. The number of para-hydroxylation sites is 4. The van der Waals surface area contributed by atoms with Gasteiger partial charge in [-0.05, 0) is 88.3 Å². The molecule has 0 aliphatic heterocycles. The Hall–Kier alpha value is -8.87. The first-order valence-electron chi connectivity index (χ1n) is 21.9. The van der Waals surface area contributed by atoms with Crippen LogP contribution in [0.3, 0.4) is 0 Å². The SMILES string of the molecule is c1ccc(-n2c3ccccc3c3ccc(-c4nc(-c5ccc6ccccc6c5)nc(-c5ccc(-n6c7ccccc7c7cc8ccccc8cc76)c6c5oc5ccccc56)n4)cc32)cc1. The average Bonchev–Trinajstić information content (AvgIpc) is 4.03. The van der Waals surface area contributed by atoms with E-state index in [0.29, 0.717) is 17.5 Å². The maximum Gasteiger partial charge on any atom is 0.167 e. The molecule has 0 spiro atoms. The highest BCUT2D eigenvalue weighted by Gasteiger charge is 2.24. The zero-order valence-corrected chi connectivity index (χ0v) is 34.9. The summed E-state index contributed by atoms with van der Waals surface area (Å²) in [5, 5.41) is 11.4. The van der Waals surface area contributed by atoms with Crippen LogP contribution in [-0.2, 0) is 0 Å². The van der Waals surface area contributed by atoms with Crippen molar-refractivity contribution in [2.45, 2.75) is 0 Å². The molecule has 14 rings (SSSR count). The number of aromatic nitrogens is 5. The topological polar surface area (TPSA) is 61.7 Å². The molecule has 0 bridgehead atoms. The molecule has 0 saturated heterocycles. The molecule has 6 nitrogen and oxygen atoms in total. The predicted octanol–water partition coefficient (Wildman–Crippen LogP) is 15.3. The normalized spacial score (nSPS) is 12.0. The number of hydrogen-bond acceptors (Lipinski definition) is 4. The molecule has 14 aromatic rings. The van der Waals surface area contributed by atoms with Gasteiger partial charge in [0.15, 0.2) is 17.5 Å². The highest BCUT2D eigenvalue weighted by Crippen LogP contribution is 2.43. The first-order valence-corrected chi connectivity index (χ1v) is 21.9. The smallest absolute Gasteiger partial charge is 0.167 e. The molecule has 0 aliphatic rings. The van der Waals surface area contributed by atoms with Crippen molar-refractivity contribution in [3.8, 4) is 45.5 Å². The van der Waals surface area contributed by atoms with Crippen LogP contribution in [0.1, 0.15) is 0 Å². The summed E-state index contributed by atoms with van der Waals surface area (Å²) >= 11 is 0. The van der Waals surface area contributed by atoms with Crippen molar-refractivity contribution >= 4 is 87.1 Å². The van der Waals surface area contributed by atoms with Crippen LogP contribution >= 0.6 is 0 Å². The Morgan fingerprint density at radius 2 is 0.892 bits per heavy atom. The van der Waals surface area contributed by atoms with Gasteiger partial charge >= 0.3 is 0 Å². The molecule has 0 fully saturated rings. The summed E-state index contributed by atoms with van der Waals surface area (Å²) in [4.78, 5) is 16.0. The lowest BCUT2D eigenvalue weighted by molar-refractivity contribution is 0.669. The lowest BCUT2D eigenvalue weighted by Gasteiger charge is -2.13. The molecule has 4 aromatic heterocycles. The third-order valence-corrected chi connectivity index (χ3v) is 13.1. The first-order chi connectivity index (χ1) is 32.2. The lowest BCUT2D eigenvalue weighted by Crippen LogP contribution is -2.02. The van der Waals surface area contributed by atoms with Crippen LogP contribution < -0.4 is 0 Å². The van der Waals surface area contributed by atoms with Gasteiger partial charge in [-0.3, -0.25) is 0 Å². The lowest BCUT2D eigenvalue weighted by atomic mass is 10.0. The number of nitrogens with zero attached hydrogens (tertiary/aromatic N) is 5. The second kappa shape index (κ2) is 13.8. The Morgan fingerprint density at radius 3 is 1.68 bits per heavy atom. The van der Waals surface area contributed by atoms with E-state index in [4.69, 9.17) is 19.4 Å². The number of fused-ring (bicyclic) bond motifs is 11. The Kier molecular flexibility index (Phi) is 7.59. The summed E-state index contributed by atoms with van der Waals surface area (Å²) in [5.41, 5.74) is 10.7. The fraction of sp³-hybridized carbons (Fsp3) is 0. The van der Waals surface area contributed by atoms with Gasteiger partial charge in [-0.15, -0.1) is 0 Å². The van der Waals surface area contributed by atoms with Gasteiger partial charge in [0.1, 0.15) is 11.2 Å². The van der Waals surface area contributed by atoms with Gasteiger partial charge in [-0.1, -0.05) is 146 Å². The molecule has 0 radical (unpaired) electrons. The summed E-state index contributed by atoms with van der Waals surface area (Å²) in [5.74, 6) is 1.69. The predicted molar refractivity (Wildman–Crippen MR) is 267 cm³/mol. The number of benzene rings is 10. The maximum atomic E-state index is 6.96. The monoisotopic (exact) mass is 829 g/mol. The van der Waals surface area contributed by atoms with Gasteiger partial charge < -0.3 is 13.6 Å². The highest BCUT2D eigenvalue weighted by molar-refractivity contribution is 6.18. The Morgan fingerprint density at radius 1 is 0.338 bits per heavy atom. The van der Waals surface area contributed by atoms with Crippen molar-refractivity contribution in [3.05, 3.63) is 212 Å². The van der Waals surface area contributed by atoms with E-state index >= 15 is 0 Å². The van der Waals surface area contributed by atoms with Gasteiger partial charge in [0, 0.05) is 43.7 Å². The van der Waals surface area contributed by atoms with Crippen LogP contribution in [0, 0.1) is 0 Å². The van der Waals surface area contributed by atoms with Crippen LogP contribution in [0.15, 0.2) is 217 Å². The average molecular weight is 830 g/mol. The van der Waals surface area contributed by atoms with E-state index in [1.54, 1.807) is 0 Å². The molecular weight excluding hydrogens is 795 g/mol. The number of rotatable bonds is 5.